The van der Waals surface area contributed by atoms with E-state index in [9.17, 15) is 18.0 Å². The van der Waals surface area contributed by atoms with Crippen LogP contribution in [0.5, 0.6) is 0 Å². The zero-order valence-corrected chi connectivity index (χ0v) is 12.7. The van der Waals surface area contributed by atoms with Gasteiger partial charge in [0.1, 0.15) is 5.60 Å². The Morgan fingerprint density at radius 1 is 1.29 bits per heavy atom. The van der Waals surface area contributed by atoms with E-state index in [1.807, 2.05) is 0 Å². The Morgan fingerprint density at radius 2 is 1.90 bits per heavy atom. The maximum absolute atomic E-state index is 12.7. The largest absolute Gasteiger partial charge is 0.460 e. The van der Waals surface area contributed by atoms with Crippen LogP contribution in [0.2, 0.25) is 5.02 Å². The third-order valence-electron chi connectivity index (χ3n) is 2.35. The van der Waals surface area contributed by atoms with Crippen molar-refractivity contribution in [2.45, 2.75) is 39.0 Å². The molecule has 0 radical (unpaired) electrons. The molecule has 0 atom stereocenters. The summed E-state index contributed by atoms with van der Waals surface area (Å²) in [5.41, 5.74) is -1.25. The molecule has 0 aromatic heterocycles. The van der Waals surface area contributed by atoms with Crippen molar-refractivity contribution in [3.8, 4) is 0 Å². The molecule has 21 heavy (non-hydrogen) atoms. The second-order valence-corrected chi connectivity index (χ2v) is 5.86. The molecule has 1 aromatic carbocycles. The van der Waals surface area contributed by atoms with Crippen molar-refractivity contribution >= 4 is 23.3 Å². The third kappa shape index (κ3) is 6.25. The van der Waals surface area contributed by atoms with Crippen LogP contribution in [0.3, 0.4) is 0 Å². The molecule has 0 amide bonds. The molecular weight excluding hydrogens is 307 g/mol. The number of esters is 1. The van der Waals surface area contributed by atoms with E-state index in [-0.39, 0.29) is 23.7 Å². The molecule has 1 aromatic rings. The highest BCUT2D eigenvalue weighted by Crippen LogP contribution is 2.36. The van der Waals surface area contributed by atoms with Gasteiger partial charge in [-0.2, -0.15) is 13.2 Å². The molecule has 0 bridgehead atoms. The summed E-state index contributed by atoms with van der Waals surface area (Å²) >= 11 is 5.52. The molecule has 0 saturated carbocycles. The number of carbonyl (C=O) groups is 1. The summed E-state index contributed by atoms with van der Waals surface area (Å²) in [6.07, 6.45) is -4.46. The molecule has 0 heterocycles. The van der Waals surface area contributed by atoms with Gasteiger partial charge in [-0.15, -0.1) is 0 Å². The molecule has 0 aliphatic carbocycles. The fourth-order valence-corrected chi connectivity index (χ4v) is 1.78. The topological polar surface area (TPSA) is 38.3 Å². The second-order valence-electron chi connectivity index (χ2n) is 5.46. The molecule has 7 heteroatoms. The summed E-state index contributed by atoms with van der Waals surface area (Å²) in [6, 6.07) is 3.50. The summed E-state index contributed by atoms with van der Waals surface area (Å²) in [7, 11) is 0. The number of anilines is 1. The van der Waals surface area contributed by atoms with Crippen molar-refractivity contribution in [2.24, 2.45) is 0 Å². The van der Waals surface area contributed by atoms with Crippen LogP contribution in [0.25, 0.3) is 0 Å². The van der Waals surface area contributed by atoms with Crippen LogP contribution >= 0.6 is 11.6 Å². The third-order valence-corrected chi connectivity index (χ3v) is 2.68. The standard InChI is InChI=1S/C14H17ClF3NO2/c1-13(2,3)21-12(20)6-7-19-9-4-5-11(15)10(8-9)14(16,17)18/h4-5,8,19H,6-7H2,1-3H3. The first kappa shape index (κ1) is 17.6. The number of carbonyl (C=O) groups excluding carboxylic acids is 1. The van der Waals surface area contributed by atoms with Crippen LogP contribution < -0.4 is 5.32 Å². The van der Waals surface area contributed by atoms with E-state index in [1.165, 1.54) is 12.1 Å². The lowest BCUT2D eigenvalue weighted by molar-refractivity contribution is -0.154. The minimum absolute atomic E-state index is 0.0568. The maximum atomic E-state index is 12.7. The van der Waals surface area contributed by atoms with Crippen LogP contribution in [-0.4, -0.2) is 18.1 Å². The van der Waals surface area contributed by atoms with Crippen LogP contribution in [0.1, 0.15) is 32.8 Å². The summed E-state index contributed by atoms with van der Waals surface area (Å²) in [4.78, 5) is 11.5. The van der Waals surface area contributed by atoms with E-state index < -0.39 is 23.3 Å². The van der Waals surface area contributed by atoms with Gasteiger partial charge >= 0.3 is 12.1 Å². The van der Waals surface area contributed by atoms with Crippen molar-refractivity contribution in [1.82, 2.24) is 0 Å². The number of rotatable bonds is 4. The first-order valence-electron chi connectivity index (χ1n) is 6.31. The Morgan fingerprint density at radius 3 is 2.43 bits per heavy atom. The summed E-state index contributed by atoms with van der Waals surface area (Å²) < 4.78 is 43.1. The average Bonchev–Trinajstić information content (AvgIpc) is 2.27. The molecule has 0 aliphatic heterocycles. The van der Waals surface area contributed by atoms with Crippen molar-refractivity contribution in [3.63, 3.8) is 0 Å². The summed E-state index contributed by atoms with van der Waals surface area (Å²) in [6.45, 7) is 5.40. The molecule has 1 rings (SSSR count). The normalized spacial score (nSPS) is 12.1. The van der Waals surface area contributed by atoms with Gasteiger partial charge in [-0.05, 0) is 39.0 Å². The van der Waals surface area contributed by atoms with Gasteiger partial charge in [-0.3, -0.25) is 4.79 Å². The van der Waals surface area contributed by atoms with E-state index in [2.05, 4.69) is 5.32 Å². The zero-order valence-electron chi connectivity index (χ0n) is 12.0. The van der Waals surface area contributed by atoms with Crippen molar-refractivity contribution in [1.29, 1.82) is 0 Å². The van der Waals surface area contributed by atoms with Crippen LogP contribution in [-0.2, 0) is 15.7 Å². The van der Waals surface area contributed by atoms with Crippen LogP contribution in [0.15, 0.2) is 18.2 Å². The lowest BCUT2D eigenvalue weighted by Gasteiger charge is -2.19. The molecule has 0 aliphatic rings. The van der Waals surface area contributed by atoms with Gasteiger partial charge in [-0.1, -0.05) is 11.6 Å². The van der Waals surface area contributed by atoms with Gasteiger partial charge in [0.2, 0.25) is 0 Å². The second kappa shape index (κ2) is 6.56. The number of hydrogen-bond donors (Lipinski definition) is 1. The monoisotopic (exact) mass is 323 g/mol. The number of benzene rings is 1. The molecule has 0 unspecified atom stereocenters. The minimum atomic E-state index is -4.51. The van der Waals surface area contributed by atoms with E-state index in [0.29, 0.717) is 0 Å². The minimum Gasteiger partial charge on any atom is -0.460 e. The Kier molecular flexibility index (Phi) is 5.50. The lowest BCUT2D eigenvalue weighted by atomic mass is 10.2. The predicted molar refractivity (Wildman–Crippen MR) is 75.4 cm³/mol. The zero-order chi connectivity index (χ0) is 16.3. The number of nitrogens with one attached hydrogen (secondary N) is 1. The van der Waals surface area contributed by atoms with Crippen molar-refractivity contribution in [2.75, 3.05) is 11.9 Å². The van der Waals surface area contributed by atoms with E-state index in [1.54, 1.807) is 20.8 Å². The first-order chi connectivity index (χ1) is 9.49. The smallest absolute Gasteiger partial charge is 0.417 e. The Hall–Kier alpha value is -1.43. The Labute approximate surface area is 126 Å². The average molecular weight is 324 g/mol. The van der Waals surface area contributed by atoms with E-state index >= 15 is 0 Å². The fraction of sp³-hybridized carbons (Fsp3) is 0.500. The number of halogens is 4. The number of ether oxygens (including phenoxy) is 1. The quantitative estimate of drug-likeness (QED) is 0.829. The first-order valence-corrected chi connectivity index (χ1v) is 6.69. The van der Waals surface area contributed by atoms with E-state index in [0.717, 1.165) is 6.07 Å². The Balaban J connectivity index is 2.59. The fourth-order valence-electron chi connectivity index (χ4n) is 1.55. The van der Waals surface area contributed by atoms with Crippen molar-refractivity contribution < 1.29 is 22.7 Å². The van der Waals surface area contributed by atoms with Gasteiger partial charge in [0, 0.05) is 12.2 Å². The highest BCUT2D eigenvalue weighted by atomic mass is 35.5. The number of alkyl halides is 3. The molecular formula is C14H17ClF3NO2. The molecule has 0 fully saturated rings. The number of hydrogen-bond acceptors (Lipinski definition) is 3. The molecule has 3 nitrogen and oxygen atoms in total. The van der Waals surface area contributed by atoms with E-state index in [4.69, 9.17) is 16.3 Å². The van der Waals surface area contributed by atoms with Gasteiger partial charge in [-0.25, -0.2) is 0 Å². The summed E-state index contributed by atoms with van der Waals surface area (Å²) in [5, 5.41) is 2.38. The molecule has 1 N–H and O–H groups in total. The SMILES string of the molecule is CC(C)(C)OC(=O)CCNc1ccc(Cl)c(C(F)(F)F)c1. The highest BCUT2D eigenvalue weighted by Gasteiger charge is 2.33. The predicted octanol–water partition coefficient (Wildman–Crippen LogP) is 4.50. The van der Waals surface area contributed by atoms with Gasteiger partial charge in [0.05, 0.1) is 17.0 Å². The molecule has 0 spiro atoms. The maximum Gasteiger partial charge on any atom is 0.417 e. The van der Waals surface area contributed by atoms with Gasteiger partial charge in [0.25, 0.3) is 0 Å². The molecule has 118 valence electrons. The van der Waals surface area contributed by atoms with Crippen LogP contribution in [0.4, 0.5) is 18.9 Å². The summed E-state index contributed by atoms with van der Waals surface area (Å²) in [5.74, 6) is -0.417. The lowest BCUT2D eigenvalue weighted by Crippen LogP contribution is -2.25. The van der Waals surface area contributed by atoms with Crippen molar-refractivity contribution in [3.05, 3.63) is 28.8 Å². The molecule has 0 saturated heterocycles. The van der Waals surface area contributed by atoms with Crippen LogP contribution in [0, 0.1) is 0 Å². The van der Waals surface area contributed by atoms with Gasteiger partial charge in [0.15, 0.2) is 0 Å². The highest BCUT2D eigenvalue weighted by molar-refractivity contribution is 6.31. The van der Waals surface area contributed by atoms with Gasteiger partial charge < -0.3 is 10.1 Å². The Bertz CT molecular complexity index is 510.